The summed E-state index contributed by atoms with van der Waals surface area (Å²) in [5.74, 6) is 0. The van der Waals surface area contributed by atoms with Crippen molar-refractivity contribution >= 4 is 29.2 Å². The number of amides is 2. The van der Waals surface area contributed by atoms with Gasteiger partial charge in [0.25, 0.3) is 0 Å². The second-order valence-electron chi connectivity index (χ2n) is 5.75. The topological polar surface area (TPSA) is 43.8 Å². The molecule has 0 spiro atoms. The van der Waals surface area contributed by atoms with Crippen molar-refractivity contribution in [2.24, 2.45) is 0 Å². The van der Waals surface area contributed by atoms with Gasteiger partial charge in [0.2, 0.25) is 0 Å². The minimum Gasteiger partial charge on any atom is -0.392 e. The maximum absolute atomic E-state index is 12.6. The SMILES string of the molecule is O=C1N(Cc2ccccc2CO)CCN1Cc1c(Cl)cccc1Cl. The first-order valence-electron chi connectivity index (χ1n) is 7.74. The first-order chi connectivity index (χ1) is 11.6. The van der Waals surface area contributed by atoms with Gasteiger partial charge in [-0.15, -0.1) is 0 Å². The normalized spacial score (nSPS) is 14.5. The van der Waals surface area contributed by atoms with Crippen molar-refractivity contribution in [2.45, 2.75) is 19.7 Å². The van der Waals surface area contributed by atoms with Gasteiger partial charge >= 0.3 is 6.03 Å². The first kappa shape index (κ1) is 17.1. The van der Waals surface area contributed by atoms with Crippen LogP contribution in [-0.2, 0) is 19.7 Å². The van der Waals surface area contributed by atoms with Crippen LogP contribution in [0.2, 0.25) is 10.0 Å². The highest BCUT2D eigenvalue weighted by atomic mass is 35.5. The Morgan fingerprint density at radius 3 is 2.08 bits per heavy atom. The third-order valence-corrected chi connectivity index (χ3v) is 4.95. The van der Waals surface area contributed by atoms with Crippen LogP contribution in [0.1, 0.15) is 16.7 Å². The van der Waals surface area contributed by atoms with E-state index >= 15 is 0 Å². The number of halogens is 2. The van der Waals surface area contributed by atoms with Crippen molar-refractivity contribution in [3.05, 3.63) is 69.2 Å². The fraction of sp³-hybridized carbons (Fsp3) is 0.278. The van der Waals surface area contributed by atoms with E-state index in [1.807, 2.05) is 24.3 Å². The highest BCUT2D eigenvalue weighted by molar-refractivity contribution is 6.36. The Kier molecular flexibility index (Phi) is 5.29. The minimum atomic E-state index is -0.0428. The molecular weight excluding hydrogens is 347 g/mol. The van der Waals surface area contributed by atoms with Crippen LogP contribution in [-0.4, -0.2) is 34.0 Å². The van der Waals surface area contributed by atoms with Crippen LogP contribution in [0.5, 0.6) is 0 Å². The highest BCUT2D eigenvalue weighted by Crippen LogP contribution is 2.27. The number of rotatable bonds is 5. The molecule has 0 saturated carbocycles. The molecule has 0 unspecified atom stereocenters. The molecule has 1 N–H and O–H groups in total. The van der Waals surface area contributed by atoms with Gasteiger partial charge in [-0.05, 0) is 23.3 Å². The van der Waals surface area contributed by atoms with Gasteiger partial charge in [0.05, 0.1) is 13.2 Å². The van der Waals surface area contributed by atoms with Gasteiger partial charge in [-0.25, -0.2) is 4.79 Å². The van der Waals surface area contributed by atoms with Crippen molar-refractivity contribution in [1.82, 2.24) is 9.80 Å². The van der Waals surface area contributed by atoms with Crippen LogP contribution >= 0.6 is 23.2 Å². The molecule has 1 heterocycles. The van der Waals surface area contributed by atoms with Gasteiger partial charge in [-0.1, -0.05) is 53.5 Å². The van der Waals surface area contributed by atoms with E-state index in [4.69, 9.17) is 23.2 Å². The molecule has 1 fully saturated rings. The molecule has 0 bridgehead atoms. The molecule has 0 aliphatic carbocycles. The average molecular weight is 365 g/mol. The lowest BCUT2D eigenvalue weighted by atomic mass is 10.1. The molecule has 0 radical (unpaired) electrons. The second kappa shape index (κ2) is 7.43. The summed E-state index contributed by atoms with van der Waals surface area (Å²) in [7, 11) is 0. The Balaban J connectivity index is 1.71. The summed E-state index contributed by atoms with van der Waals surface area (Å²) < 4.78 is 0. The number of carbonyl (C=O) groups is 1. The van der Waals surface area contributed by atoms with Crippen LogP contribution in [0, 0.1) is 0 Å². The Bertz CT molecular complexity index is 731. The molecule has 24 heavy (non-hydrogen) atoms. The summed E-state index contributed by atoms with van der Waals surface area (Å²) in [6, 6.07) is 12.9. The van der Waals surface area contributed by atoms with E-state index in [0.29, 0.717) is 36.2 Å². The summed E-state index contributed by atoms with van der Waals surface area (Å²) in [6.07, 6.45) is 0. The molecule has 6 heteroatoms. The number of aliphatic hydroxyl groups is 1. The number of urea groups is 1. The third kappa shape index (κ3) is 3.51. The number of carbonyl (C=O) groups excluding carboxylic acids is 1. The Morgan fingerprint density at radius 2 is 1.46 bits per heavy atom. The van der Waals surface area contributed by atoms with Gasteiger partial charge in [0.1, 0.15) is 0 Å². The summed E-state index contributed by atoms with van der Waals surface area (Å²) >= 11 is 12.4. The van der Waals surface area contributed by atoms with E-state index in [2.05, 4.69) is 0 Å². The van der Waals surface area contributed by atoms with Crippen LogP contribution in [0.4, 0.5) is 4.79 Å². The smallest absolute Gasteiger partial charge is 0.320 e. The zero-order valence-corrected chi connectivity index (χ0v) is 14.6. The maximum atomic E-state index is 12.6. The molecule has 1 aliphatic heterocycles. The lowest BCUT2D eigenvalue weighted by Crippen LogP contribution is -2.31. The quantitative estimate of drug-likeness (QED) is 0.873. The molecular formula is C18H18Cl2N2O2. The summed E-state index contributed by atoms with van der Waals surface area (Å²) in [5, 5.41) is 10.6. The van der Waals surface area contributed by atoms with Gasteiger partial charge in [-0.3, -0.25) is 0 Å². The van der Waals surface area contributed by atoms with Crippen LogP contribution in [0.15, 0.2) is 42.5 Å². The third-order valence-electron chi connectivity index (χ3n) is 4.24. The Hall–Kier alpha value is -1.75. The predicted molar refractivity (Wildman–Crippen MR) is 95.0 cm³/mol. The average Bonchev–Trinajstić information content (AvgIpc) is 2.92. The molecule has 2 aromatic rings. The number of hydrogen-bond acceptors (Lipinski definition) is 2. The molecule has 126 valence electrons. The van der Waals surface area contributed by atoms with E-state index in [1.54, 1.807) is 28.0 Å². The summed E-state index contributed by atoms with van der Waals surface area (Å²) in [4.78, 5) is 16.2. The van der Waals surface area contributed by atoms with Gasteiger partial charge in [0.15, 0.2) is 0 Å². The standard InChI is InChI=1S/C18H18Cl2N2O2/c19-16-6-3-7-17(20)15(16)11-22-9-8-21(18(22)24)10-13-4-1-2-5-14(13)12-23/h1-7,23H,8-12H2. The van der Waals surface area contributed by atoms with E-state index in [0.717, 1.165) is 16.7 Å². The second-order valence-corrected chi connectivity index (χ2v) is 6.57. The molecule has 3 rings (SSSR count). The number of hydrogen-bond donors (Lipinski definition) is 1. The van der Waals surface area contributed by atoms with Crippen molar-refractivity contribution < 1.29 is 9.90 Å². The van der Waals surface area contributed by atoms with Crippen molar-refractivity contribution in [3.8, 4) is 0 Å². The van der Waals surface area contributed by atoms with Gasteiger partial charge in [-0.2, -0.15) is 0 Å². The van der Waals surface area contributed by atoms with E-state index in [-0.39, 0.29) is 12.6 Å². The predicted octanol–water partition coefficient (Wildman–Crippen LogP) is 3.92. The van der Waals surface area contributed by atoms with Crippen molar-refractivity contribution in [2.75, 3.05) is 13.1 Å². The number of benzene rings is 2. The molecule has 2 aromatic carbocycles. The molecule has 1 saturated heterocycles. The lowest BCUT2D eigenvalue weighted by Gasteiger charge is -2.20. The Morgan fingerprint density at radius 1 is 0.875 bits per heavy atom. The summed E-state index contributed by atoms with van der Waals surface area (Å²) in [5.41, 5.74) is 2.58. The number of nitrogens with zero attached hydrogens (tertiary/aromatic N) is 2. The monoisotopic (exact) mass is 364 g/mol. The van der Waals surface area contributed by atoms with E-state index in [1.165, 1.54) is 0 Å². The molecule has 1 aliphatic rings. The zero-order chi connectivity index (χ0) is 17.1. The van der Waals surface area contributed by atoms with Crippen LogP contribution < -0.4 is 0 Å². The van der Waals surface area contributed by atoms with E-state index < -0.39 is 0 Å². The van der Waals surface area contributed by atoms with Crippen LogP contribution in [0.3, 0.4) is 0 Å². The fourth-order valence-electron chi connectivity index (χ4n) is 2.87. The lowest BCUT2D eigenvalue weighted by molar-refractivity contribution is 0.188. The molecule has 4 nitrogen and oxygen atoms in total. The van der Waals surface area contributed by atoms with Gasteiger partial charge < -0.3 is 14.9 Å². The molecule has 0 atom stereocenters. The maximum Gasteiger partial charge on any atom is 0.320 e. The zero-order valence-electron chi connectivity index (χ0n) is 13.1. The first-order valence-corrected chi connectivity index (χ1v) is 8.50. The highest BCUT2D eigenvalue weighted by Gasteiger charge is 2.29. The van der Waals surface area contributed by atoms with E-state index in [9.17, 15) is 9.90 Å². The Labute approximate surface area is 151 Å². The fourth-order valence-corrected chi connectivity index (χ4v) is 3.39. The van der Waals surface area contributed by atoms with Crippen molar-refractivity contribution in [1.29, 1.82) is 0 Å². The summed E-state index contributed by atoms with van der Waals surface area (Å²) in [6.45, 7) is 2.12. The number of aliphatic hydroxyl groups excluding tert-OH is 1. The van der Waals surface area contributed by atoms with Crippen molar-refractivity contribution in [3.63, 3.8) is 0 Å². The minimum absolute atomic E-state index is 0.0306. The van der Waals surface area contributed by atoms with Crippen LogP contribution in [0.25, 0.3) is 0 Å². The molecule has 2 amide bonds. The largest absolute Gasteiger partial charge is 0.392 e. The van der Waals surface area contributed by atoms with Gasteiger partial charge in [0, 0.05) is 35.2 Å². The molecule has 0 aromatic heterocycles.